The molecule has 1 fully saturated rings. The number of H-pyrrole nitrogens is 1. The van der Waals surface area contributed by atoms with Gasteiger partial charge in [0.05, 0.1) is 12.5 Å². The van der Waals surface area contributed by atoms with Crippen LogP contribution in [0.1, 0.15) is 42.5 Å². The Labute approximate surface area is 144 Å². The SMILES string of the molecule is COCc1nc(C2CCCCN2C(=O)Cc2cc(F)ccc2F)n[nH]1. The van der Waals surface area contributed by atoms with Crippen LogP contribution in [0.5, 0.6) is 0 Å². The number of rotatable bonds is 5. The number of hydrogen-bond donors (Lipinski definition) is 1. The number of ether oxygens (including phenoxy) is 1. The highest BCUT2D eigenvalue weighted by Gasteiger charge is 2.31. The Morgan fingerprint density at radius 3 is 3.04 bits per heavy atom. The zero-order valence-electron chi connectivity index (χ0n) is 14.0. The number of nitrogens with zero attached hydrogens (tertiary/aromatic N) is 3. The summed E-state index contributed by atoms with van der Waals surface area (Å²) in [5.41, 5.74) is 0.0596. The van der Waals surface area contributed by atoms with E-state index in [1.807, 2.05) is 0 Å². The van der Waals surface area contributed by atoms with E-state index in [4.69, 9.17) is 4.74 Å². The number of carbonyl (C=O) groups excluding carboxylic acids is 1. The van der Waals surface area contributed by atoms with Crippen LogP contribution < -0.4 is 0 Å². The number of aromatic nitrogens is 3. The molecule has 1 atom stereocenters. The van der Waals surface area contributed by atoms with E-state index in [-0.39, 0.29) is 23.9 Å². The zero-order valence-corrected chi connectivity index (χ0v) is 14.0. The normalized spacial score (nSPS) is 17.7. The number of methoxy groups -OCH3 is 1. The van der Waals surface area contributed by atoms with E-state index >= 15 is 0 Å². The summed E-state index contributed by atoms with van der Waals surface area (Å²) in [5.74, 6) is -0.278. The second-order valence-electron chi connectivity index (χ2n) is 6.08. The van der Waals surface area contributed by atoms with Gasteiger partial charge in [-0.1, -0.05) is 0 Å². The van der Waals surface area contributed by atoms with Crippen molar-refractivity contribution in [3.8, 4) is 0 Å². The second kappa shape index (κ2) is 7.69. The number of nitrogens with one attached hydrogen (secondary N) is 1. The summed E-state index contributed by atoms with van der Waals surface area (Å²) in [6, 6.07) is 2.88. The summed E-state index contributed by atoms with van der Waals surface area (Å²) in [6.45, 7) is 0.858. The molecule has 1 aliphatic rings. The van der Waals surface area contributed by atoms with Gasteiger partial charge in [0.15, 0.2) is 11.6 Å². The van der Waals surface area contributed by atoms with Crippen molar-refractivity contribution in [2.24, 2.45) is 0 Å². The van der Waals surface area contributed by atoms with Crippen LogP contribution in [0.25, 0.3) is 0 Å². The average molecular weight is 350 g/mol. The number of carbonyl (C=O) groups is 1. The van der Waals surface area contributed by atoms with Crippen molar-refractivity contribution in [2.45, 2.75) is 38.3 Å². The molecule has 1 aromatic heterocycles. The monoisotopic (exact) mass is 350 g/mol. The third kappa shape index (κ3) is 4.01. The van der Waals surface area contributed by atoms with E-state index < -0.39 is 11.6 Å². The molecule has 134 valence electrons. The molecule has 2 aromatic rings. The first-order chi connectivity index (χ1) is 12.1. The van der Waals surface area contributed by atoms with Crippen molar-refractivity contribution < 1.29 is 18.3 Å². The van der Waals surface area contributed by atoms with Crippen molar-refractivity contribution in [1.29, 1.82) is 0 Å². The van der Waals surface area contributed by atoms with Gasteiger partial charge in [-0.05, 0) is 37.5 Å². The van der Waals surface area contributed by atoms with Crippen LogP contribution in [-0.2, 0) is 22.6 Å². The predicted octanol–water partition coefficient (Wildman–Crippen LogP) is 2.53. The standard InChI is InChI=1S/C17H20F2N4O2/c1-25-10-15-20-17(22-21-15)14-4-2-3-7-23(14)16(24)9-11-8-12(18)5-6-13(11)19/h5-6,8,14H,2-4,7,9-10H2,1H3,(H,20,21,22). The van der Waals surface area contributed by atoms with E-state index in [0.717, 1.165) is 37.5 Å². The van der Waals surface area contributed by atoms with Gasteiger partial charge in [-0.2, -0.15) is 5.10 Å². The molecular weight excluding hydrogens is 330 g/mol. The van der Waals surface area contributed by atoms with Gasteiger partial charge in [-0.25, -0.2) is 13.8 Å². The summed E-state index contributed by atoms with van der Waals surface area (Å²) in [4.78, 5) is 18.7. The molecule has 1 N–H and O–H groups in total. The van der Waals surface area contributed by atoms with Crippen LogP contribution in [0.2, 0.25) is 0 Å². The summed E-state index contributed by atoms with van der Waals surface area (Å²) in [6.07, 6.45) is 2.37. The van der Waals surface area contributed by atoms with Crippen LogP contribution in [0.3, 0.4) is 0 Å². The lowest BCUT2D eigenvalue weighted by Gasteiger charge is -2.34. The molecule has 0 saturated carbocycles. The Morgan fingerprint density at radius 1 is 1.40 bits per heavy atom. The number of likely N-dealkylation sites (tertiary alicyclic amines) is 1. The average Bonchev–Trinajstić information content (AvgIpc) is 3.07. The van der Waals surface area contributed by atoms with Crippen LogP contribution in [0.4, 0.5) is 8.78 Å². The molecule has 1 amide bonds. The molecule has 0 aliphatic carbocycles. The fourth-order valence-electron chi connectivity index (χ4n) is 3.10. The fraction of sp³-hybridized carbons (Fsp3) is 0.471. The molecule has 6 nitrogen and oxygen atoms in total. The Hall–Kier alpha value is -2.35. The van der Waals surface area contributed by atoms with Gasteiger partial charge in [0.1, 0.15) is 18.2 Å². The van der Waals surface area contributed by atoms with Gasteiger partial charge >= 0.3 is 0 Å². The van der Waals surface area contributed by atoms with E-state index in [9.17, 15) is 13.6 Å². The van der Waals surface area contributed by atoms with Gasteiger partial charge < -0.3 is 9.64 Å². The highest BCUT2D eigenvalue weighted by Crippen LogP contribution is 2.29. The third-order valence-corrected chi connectivity index (χ3v) is 4.30. The Balaban J connectivity index is 1.77. The smallest absolute Gasteiger partial charge is 0.227 e. The van der Waals surface area contributed by atoms with Crippen molar-refractivity contribution >= 4 is 5.91 Å². The molecular formula is C17H20F2N4O2. The quantitative estimate of drug-likeness (QED) is 0.899. The Bertz CT molecular complexity index is 750. The Morgan fingerprint density at radius 2 is 2.24 bits per heavy atom. The fourth-order valence-corrected chi connectivity index (χ4v) is 3.10. The highest BCUT2D eigenvalue weighted by atomic mass is 19.1. The molecule has 3 rings (SSSR count). The Kier molecular flexibility index (Phi) is 5.37. The third-order valence-electron chi connectivity index (χ3n) is 4.30. The van der Waals surface area contributed by atoms with Crippen molar-refractivity contribution in [3.05, 3.63) is 47.0 Å². The molecule has 1 aliphatic heterocycles. The van der Waals surface area contributed by atoms with E-state index in [0.29, 0.717) is 24.8 Å². The van der Waals surface area contributed by atoms with E-state index in [1.54, 1.807) is 12.0 Å². The van der Waals surface area contributed by atoms with Gasteiger partial charge in [0.2, 0.25) is 5.91 Å². The molecule has 1 unspecified atom stereocenters. The number of amides is 1. The van der Waals surface area contributed by atoms with Crippen molar-refractivity contribution in [2.75, 3.05) is 13.7 Å². The molecule has 1 saturated heterocycles. The largest absolute Gasteiger partial charge is 0.377 e. The van der Waals surface area contributed by atoms with Gasteiger partial charge in [0.25, 0.3) is 0 Å². The van der Waals surface area contributed by atoms with Gasteiger partial charge in [-0.3, -0.25) is 9.89 Å². The lowest BCUT2D eigenvalue weighted by atomic mass is 10.00. The molecule has 8 heteroatoms. The maximum atomic E-state index is 13.8. The topological polar surface area (TPSA) is 71.1 Å². The highest BCUT2D eigenvalue weighted by molar-refractivity contribution is 5.79. The van der Waals surface area contributed by atoms with Crippen LogP contribution in [0.15, 0.2) is 18.2 Å². The summed E-state index contributed by atoms with van der Waals surface area (Å²) in [7, 11) is 1.56. The van der Waals surface area contributed by atoms with E-state index in [2.05, 4.69) is 15.2 Å². The summed E-state index contributed by atoms with van der Waals surface area (Å²) in [5, 5.41) is 6.98. The number of halogens is 2. The minimum absolute atomic E-state index is 0.0596. The second-order valence-corrected chi connectivity index (χ2v) is 6.08. The number of hydrogen-bond acceptors (Lipinski definition) is 4. The first-order valence-electron chi connectivity index (χ1n) is 8.22. The molecule has 0 radical (unpaired) electrons. The predicted molar refractivity (Wildman–Crippen MR) is 85.5 cm³/mol. The summed E-state index contributed by atoms with van der Waals surface area (Å²) < 4.78 is 32.2. The molecule has 0 bridgehead atoms. The summed E-state index contributed by atoms with van der Waals surface area (Å²) >= 11 is 0. The van der Waals surface area contributed by atoms with Crippen LogP contribution in [0, 0.1) is 11.6 Å². The molecule has 1 aromatic carbocycles. The first kappa shape index (κ1) is 17.5. The maximum Gasteiger partial charge on any atom is 0.227 e. The van der Waals surface area contributed by atoms with Crippen molar-refractivity contribution in [1.82, 2.24) is 20.1 Å². The van der Waals surface area contributed by atoms with E-state index in [1.165, 1.54) is 0 Å². The molecule has 0 spiro atoms. The number of aromatic amines is 1. The van der Waals surface area contributed by atoms with Crippen molar-refractivity contribution in [3.63, 3.8) is 0 Å². The number of benzene rings is 1. The van der Waals surface area contributed by atoms with Crippen LogP contribution in [-0.4, -0.2) is 39.6 Å². The first-order valence-corrected chi connectivity index (χ1v) is 8.22. The maximum absolute atomic E-state index is 13.8. The van der Waals surface area contributed by atoms with Gasteiger partial charge in [0, 0.05) is 19.2 Å². The molecule has 25 heavy (non-hydrogen) atoms. The minimum Gasteiger partial charge on any atom is -0.377 e. The number of piperidine rings is 1. The lowest BCUT2D eigenvalue weighted by molar-refractivity contribution is -0.134. The minimum atomic E-state index is -0.580. The van der Waals surface area contributed by atoms with Crippen LogP contribution >= 0.6 is 0 Å². The van der Waals surface area contributed by atoms with Gasteiger partial charge in [-0.15, -0.1) is 0 Å². The zero-order chi connectivity index (χ0) is 17.8. The molecule has 2 heterocycles. The lowest BCUT2D eigenvalue weighted by Crippen LogP contribution is -2.40.